The summed E-state index contributed by atoms with van der Waals surface area (Å²) in [5.74, 6) is 1.27. The molecule has 8 heteroatoms. The standard InChI is InChI=1S/C23H36FN5O.HI/c1-3-25-23(27(2)18-19-7-6-10-21(24)17-19)26-11-12-28-13-15-29(16-14-28)22(30)20-8-4-5-9-20;/h6-7,10,17,20H,3-5,8-9,11-16,18H2,1-2H3,(H,25,26);1H. The van der Waals surface area contributed by atoms with Gasteiger partial charge in [0.25, 0.3) is 0 Å². The molecule has 0 unspecified atom stereocenters. The van der Waals surface area contributed by atoms with E-state index in [1.165, 1.54) is 18.9 Å². The highest BCUT2D eigenvalue weighted by molar-refractivity contribution is 14.0. The van der Waals surface area contributed by atoms with Crippen LogP contribution in [0.25, 0.3) is 0 Å². The molecule has 1 aromatic rings. The molecule has 1 aliphatic heterocycles. The minimum absolute atomic E-state index is 0. The van der Waals surface area contributed by atoms with E-state index in [4.69, 9.17) is 4.99 Å². The molecule has 1 heterocycles. The van der Waals surface area contributed by atoms with Crippen molar-refractivity contribution in [2.45, 2.75) is 39.2 Å². The van der Waals surface area contributed by atoms with Crippen molar-refractivity contribution in [2.75, 3.05) is 52.9 Å². The molecule has 31 heavy (non-hydrogen) atoms. The average Bonchev–Trinajstić information content (AvgIpc) is 3.28. The first-order chi connectivity index (χ1) is 14.6. The van der Waals surface area contributed by atoms with Gasteiger partial charge in [0.05, 0.1) is 6.54 Å². The van der Waals surface area contributed by atoms with E-state index in [-0.39, 0.29) is 35.7 Å². The molecule has 0 radical (unpaired) electrons. The van der Waals surface area contributed by atoms with Gasteiger partial charge < -0.3 is 15.1 Å². The number of piperazine rings is 1. The average molecular weight is 545 g/mol. The number of carbonyl (C=O) groups is 1. The van der Waals surface area contributed by atoms with Gasteiger partial charge in [0, 0.05) is 58.8 Å². The highest BCUT2D eigenvalue weighted by Gasteiger charge is 2.29. The summed E-state index contributed by atoms with van der Waals surface area (Å²) in [7, 11) is 1.97. The van der Waals surface area contributed by atoms with Crippen molar-refractivity contribution in [1.29, 1.82) is 0 Å². The van der Waals surface area contributed by atoms with Crippen molar-refractivity contribution in [3.63, 3.8) is 0 Å². The quantitative estimate of drug-likeness (QED) is 0.325. The summed E-state index contributed by atoms with van der Waals surface area (Å²) >= 11 is 0. The lowest BCUT2D eigenvalue weighted by atomic mass is 10.1. The molecule has 1 aromatic carbocycles. The van der Waals surface area contributed by atoms with E-state index in [9.17, 15) is 9.18 Å². The SMILES string of the molecule is CCNC(=NCCN1CCN(C(=O)C2CCCC2)CC1)N(C)Cc1cccc(F)c1.I. The van der Waals surface area contributed by atoms with Gasteiger partial charge in [-0.3, -0.25) is 14.7 Å². The first-order valence-corrected chi connectivity index (χ1v) is 11.3. The third-order valence-corrected chi connectivity index (χ3v) is 6.07. The van der Waals surface area contributed by atoms with Crippen molar-refractivity contribution >= 4 is 35.8 Å². The van der Waals surface area contributed by atoms with Crippen LogP contribution in [0.3, 0.4) is 0 Å². The van der Waals surface area contributed by atoms with Gasteiger partial charge in [-0.25, -0.2) is 4.39 Å². The predicted molar refractivity (Wildman–Crippen MR) is 134 cm³/mol. The van der Waals surface area contributed by atoms with Crippen LogP contribution in [0.5, 0.6) is 0 Å². The number of guanidine groups is 1. The smallest absolute Gasteiger partial charge is 0.225 e. The van der Waals surface area contributed by atoms with E-state index in [1.54, 1.807) is 12.1 Å². The van der Waals surface area contributed by atoms with Gasteiger partial charge >= 0.3 is 0 Å². The summed E-state index contributed by atoms with van der Waals surface area (Å²) in [4.78, 5) is 23.8. The van der Waals surface area contributed by atoms with Crippen LogP contribution < -0.4 is 5.32 Å². The van der Waals surface area contributed by atoms with E-state index in [0.717, 1.165) is 63.6 Å². The van der Waals surface area contributed by atoms with Crippen molar-refractivity contribution in [2.24, 2.45) is 10.9 Å². The van der Waals surface area contributed by atoms with Crippen LogP contribution in [0.15, 0.2) is 29.3 Å². The Balaban J connectivity index is 0.00000341. The molecular formula is C23H37FIN5O. The van der Waals surface area contributed by atoms with Crippen molar-refractivity contribution in [3.05, 3.63) is 35.6 Å². The van der Waals surface area contributed by atoms with E-state index in [2.05, 4.69) is 15.1 Å². The van der Waals surface area contributed by atoms with Crippen LogP contribution in [0.1, 0.15) is 38.2 Å². The second kappa shape index (κ2) is 13.2. The van der Waals surface area contributed by atoms with E-state index in [1.807, 2.05) is 24.9 Å². The number of rotatable bonds is 7. The lowest BCUT2D eigenvalue weighted by molar-refractivity contribution is -0.137. The van der Waals surface area contributed by atoms with Crippen LogP contribution >= 0.6 is 24.0 Å². The maximum absolute atomic E-state index is 13.4. The number of hydrogen-bond donors (Lipinski definition) is 1. The Kier molecular flexibility index (Phi) is 11.0. The fourth-order valence-electron chi connectivity index (χ4n) is 4.37. The molecule has 1 saturated carbocycles. The molecular weight excluding hydrogens is 508 g/mol. The third-order valence-electron chi connectivity index (χ3n) is 6.07. The predicted octanol–water partition coefficient (Wildman–Crippen LogP) is 3.18. The van der Waals surface area contributed by atoms with Crippen LogP contribution in [-0.2, 0) is 11.3 Å². The zero-order valence-corrected chi connectivity index (χ0v) is 21.2. The van der Waals surface area contributed by atoms with Crippen molar-refractivity contribution in [1.82, 2.24) is 20.0 Å². The molecule has 6 nitrogen and oxygen atoms in total. The Labute approximate surface area is 203 Å². The summed E-state index contributed by atoms with van der Waals surface area (Å²) in [6.07, 6.45) is 4.56. The Morgan fingerprint density at radius 1 is 1.23 bits per heavy atom. The fourth-order valence-corrected chi connectivity index (χ4v) is 4.37. The second-order valence-corrected chi connectivity index (χ2v) is 8.37. The monoisotopic (exact) mass is 545 g/mol. The molecule has 1 saturated heterocycles. The Bertz CT molecular complexity index is 718. The van der Waals surface area contributed by atoms with Crippen LogP contribution in [0.4, 0.5) is 4.39 Å². The molecule has 1 aliphatic carbocycles. The number of hydrogen-bond acceptors (Lipinski definition) is 3. The first kappa shape index (κ1) is 25.8. The highest BCUT2D eigenvalue weighted by atomic mass is 127. The van der Waals surface area contributed by atoms with Gasteiger partial charge in [0.2, 0.25) is 5.91 Å². The zero-order chi connectivity index (χ0) is 21.3. The summed E-state index contributed by atoms with van der Waals surface area (Å²) in [5.41, 5.74) is 0.922. The second-order valence-electron chi connectivity index (χ2n) is 8.37. The molecule has 0 bridgehead atoms. The topological polar surface area (TPSA) is 51.2 Å². The lowest BCUT2D eigenvalue weighted by Crippen LogP contribution is -2.50. The highest BCUT2D eigenvalue weighted by Crippen LogP contribution is 2.26. The van der Waals surface area contributed by atoms with Gasteiger partial charge in [-0.1, -0.05) is 25.0 Å². The number of carbonyl (C=O) groups excluding carboxylic acids is 1. The van der Waals surface area contributed by atoms with Crippen LogP contribution in [0, 0.1) is 11.7 Å². The summed E-state index contributed by atoms with van der Waals surface area (Å²) in [6.45, 7) is 8.52. The number of aliphatic imine (C=N–C) groups is 1. The number of nitrogens with zero attached hydrogens (tertiary/aromatic N) is 4. The molecule has 2 aliphatic rings. The number of nitrogens with one attached hydrogen (secondary N) is 1. The molecule has 0 spiro atoms. The normalized spacial score (nSPS) is 18.0. The number of amides is 1. The Hall–Kier alpha value is -1.42. The molecule has 3 rings (SSSR count). The number of benzene rings is 1. The zero-order valence-electron chi connectivity index (χ0n) is 18.9. The van der Waals surface area contributed by atoms with Gasteiger partial charge in [-0.2, -0.15) is 0 Å². The van der Waals surface area contributed by atoms with Gasteiger partial charge in [-0.05, 0) is 37.5 Å². The van der Waals surface area contributed by atoms with E-state index >= 15 is 0 Å². The van der Waals surface area contributed by atoms with Gasteiger partial charge in [-0.15, -0.1) is 24.0 Å². The Morgan fingerprint density at radius 2 is 1.94 bits per heavy atom. The summed E-state index contributed by atoms with van der Waals surface area (Å²) < 4.78 is 13.4. The molecule has 2 fully saturated rings. The molecule has 0 aromatic heterocycles. The maximum Gasteiger partial charge on any atom is 0.225 e. The minimum atomic E-state index is -0.214. The Morgan fingerprint density at radius 3 is 2.58 bits per heavy atom. The van der Waals surface area contributed by atoms with Gasteiger partial charge in [0.1, 0.15) is 5.82 Å². The largest absolute Gasteiger partial charge is 0.357 e. The molecule has 174 valence electrons. The van der Waals surface area contributed by atoms with Gasteiger partial charge in [0.15, 0.2) is 5.96 Å². The van der Waals surface area contributed by atoms with E-state index < -0.39 is 0 Å². The molecule has 0 atom stereocenters. The summed E-state index contributed by atoms with van der Waals surface area (Å²) in [6, 6.07) is 6.69. The minimum Gasteiger partial charge on any atom is -0.357 e. The number of halogens is 2. The van der Waals surface area contributed by atoms with Crippen molar-refractivity contribution < 1.29 is 9.18 Å². The molecule has 1 N–H and O–H groups in total. The maximum atomic E-state index is 13.4. The fraction of sp³-hybridized carbons (Fsp3) is 0.652. The van der Waals surface area contributed by atoms with Crippen molar-refractivity contribution in [3.8, 4) is 0 Å². The lowest BCUT2D eigenvalue weighted by Gasteiger charge is -2.35. The first-order valence-electron chi connectivity index (χ1n) is 11.3. The van der Waals surface area contributed by atoms with E-state index in [0.29, 0.717) is 19.0 Å². The molecule has 1 amide bonds. The third kappa shape index (κ3) is 7.89. The van der Waals surface area contributed by atoms with Crippen LogP contribution in [0.2, 0.25) is 0 Å². The summed E-state index contributed by atoms with van der Waals surface area (Å²) in [5, 5.41) is 3.32. The van der Waals surface area contributed by atoms with Crippen LogP contribution in [-0.4, -0.2) is 79.4 Å².